The average Bonchev–Trinajstić information content (AvgIpc) is 2.81. The first-order valence-electron chi connectivity index (χ1n) is 4.31. The molecular formula is C11H15Cl. The predicted octanol–water partition coefficient (Wildman–Crippen LogP) is 4.04. The van der Waals surface area contributed by atoms with Gasteiger partial charge in [0.15, 0.2) is 0 Å². The summed E-state index contributed by atoms with van der Waals surface area (Å²) >= 11 is 5.81. The van der Waals surface area contributed by atoms with E-state index < -0.39 is 0 Å². The quantitative estimate of drug-likeness (QED) is 0.578. The van der Waals surface area contributed by atoms with Crippen molar-refractivity contribution in [1.82, 2.24) is 0 Å². The van der Waals surface area contributed by atoms with Gasteiger partial charge in [0.2, 0.25) is 0 Å². The van der Waals surface area contributed by atoms with Gasteiger partial charge in [-0.1, -0.05) is 35.9 Å². The standard InChI is InChI=1S/C11H15Cl/c1-8(10(3)12)4-5-9(2)11-6-7-11/h4-5,11H,2,6-7H2,1,3H3/b5-4-,10-8+. The van der Waals surface area contributed by atoms with E-state index in [-0.39, 0.29) is 0 Å². The van der Waals surface area contributed by atoms with Gasteiger partial charge in [-0.2, -0.15) is 0 Å². The van der Waals surface area contributed by atoms with Crippen LogP contribution in [0.5, 0.6) is 0 Å². The van der Waals surface area contributed by atoms with Crippen LogP contribution < -0.4 is 0 Å². The molecule has 0 heterocycles. The SMILES string of the molecule is C=C(/C=C\C(C)=C(/C)Cl)C1CC1. The van der Waals surface area contributed by atoms with Crippen molar-refractivity contribution < 1.29 is 0 Å². The van der Waals surface area contributed by atoms with Gasteiger partial charge in [-0.05, 0) is 38.2 Å². The Kier molecular flexibility index (Phi) is 3.16. The summed E-state index contributed by atoms with van der Waals surface area (Å²) in [5.41, 5.74) is 2.37. The summed E-state index contributed by atoms with van der Waals surface area (Å²) in [6, 6.07) is 0. The van der Waals surface area contributed by atoms with Crippen molar-refractivity contribution in [2.75, 3.05) is 0 Å². The molecule has 0 nitrogen and oxygen atoms in total. The van der Waals surface area contributed by atoms with Crippen molar-refractivity contribution in [2.45, 2.75) is 26.7 Å². The van der Waals surface area contributed by atoms with E-state index in [0.717, 1.165) is 16.5 Å². The van der Waals surface area contributed by atoms with Gasteiger partial charge < -0.3 is 0 Å². The highest BCUT2D eigenvalue weighted by Gasteiger charge is 2.22. The van der Waals surface area contributed by atoms with Crippen LogP contribution in [-0.2, 0) is 0 Å². The van der Waals surface area contributed by atoms with Gasteiger partial charge in [0.25, 0.3) is 0 Å². The lowest BCUT2D eigenvalue weighted by Gasteiger charge is -1.95. The fourth-order valence-corrected chi connectivity index (χ4v) is 1.00. The molecule has 0 aromatic carbocycles. The topological polar surface area (TPSA) is 0 Å². The number of allylic oxidation sites excluding steroid dienone is 5. The van der Waals surface area contributed by atoms with E-state index in [4.69, 9.17) is 11.6 Å². The van der Waals surface area contributed by atoms with Gasteiger partial charge in [0.05, 0.1) is 0 Å². The zero-order valence-corrected chi connectivity index (χ0v) is 8.49. The average molecular weight is 183 g/mol. The van der Waals surface area contributed by atoms with Gasteiger partial charge in [-0.3, -0.25) is 0 Å². The van der Waals surface area contributed by atoms with Crippen LogP contribution in [0.15, 0.2) is 34.9 Å². The first-order chi connectivity index (χ1) is 5.61. The normalized spacial score (nSPS) is 19.6. The van der Waals surface area contributed by atoms with E-state index >= 15 is 0 Å². The number of rotatable bonds is 3. The maximum absolute atomic E-state index is 5.81. The summed E-state index contributed by atoms with van der Waals surface area (Å²) in [4.78, 5) is 0. The Morgan fingerprint density at radius 3 is 2.33 bits per heavy atom. The van der Waals surface area contributed by atoms with Crippen LogP contribution in [0.25, 0.3) is 0 Å². The fraction of sp³-hybridized carbons (Fsp3) is 0.455. The van der Waals surface area contributed by atoms with Crippen molar-refractivity contribution in [2.24, 2.45) is 5.92 Å². The smallest absolute Gasteiger partial charge is 0.0179 e. The Morgan fingerprint density at radius 2 is 1.92 bits per heavy atom. The Morgan fingerprint density at radius 1 is 1.33 bits per heavy atom. The highest BCUT2D eigenvalue weighted by atomic mass is 35.5. The maximum Gasteiger partial charge on any atom is 0.0179 e. The second-order valence-corrected chi connectivity index (χ2v) is 3.97. The van der Waals surface area contributed by atoms with Crippen LogP contribution in [0.3, 0.4) is 0 Å². The number of hydrogen-bond donors (Lipinski definition) is 0. The van der Waals surface area contributed by atoms with Crippen LogP contribution in [0.2, 0.25) is 0 Å². The molecule has 1 heteroatoms. The van der Waals surface area contributed by atoms with Crippen molar-refractivity contribution in [3.05, 3.63) is 34.9 Å². The van der Waals surface area contributed by atoms with Crippen molar-refractivity contribution in [1.29, 1.82) is 0 Å². The summed E-state index contributed by atoms with van der Waals surface area (Å²) in [5, 5.41) is 0.856. The van der Waals surface area contributed by atoms with Crippen molar-refractivity contribution in [3.8, 4) is 0 Å². The minimum absolute atomic E-state index is 0.754. The lowest BCUT2D eigenvalue weighted by molar-refractivity contribution is 1.06. The molecule has 1 rings (SSSR count). The summed E-state index contributed by atoms with van der Waals surface area (Å²) < 4.78 is 0. The van der Waals surface area contributed by atoms with Crippen molar-refractivity contribution in [3.63, 3.8) is 0 Å². The number of halogens is 1. The van der Waals surface area contributed by atoms with E-state index in [1.807, 2.05) is 19.9 Å². The molecule has 0 N–H and O–H groups in total. The Hall–Kier alpha value is -0.490. The lowest BCUT2D eigenvalue weighted by atomic mass is 10.1. The highest BCUT2D eigenvalue weighted by molar-refractivity contribution is 6.29. The fourth-order valence-electron chi connectivity index (χ4n) is 0.937. The summed E-state index contributed by atoms with van der Waals surface area (Å²) in [5.74, 6) is 0.754. The molecule has 0 bridgehead atoms. The summed E-state index contributed by atoms with van der Waals surface area (Å²) in [6.07, 6.45) is 6.75. The largest absolute Gasteiger partial charge is 0.0955 e. The molecule has 0 radical (unpaired) electrons. The molecule has 0 atom stereocenters. The number of hydrogen-bond acceptors (Lipinski definition) is 0. The van der Waals surface area contributed by atoms with Crippen molar-refractivity contribution >= 4 is 11.6 Å². The monoisotopic (exact) mass is 182 g/mol. The molecule has 0 unspecified atom stereocenters. The van der Waals surface area contributed by atoms with Gasteiger partial charge in [-0.15, -0.1) is 0 Å². The first-order valence-corrected chi connectivity index (χ1v) is 4.69. The molecule has 12 heavy (non-hydrogen) atoms. The molecular weight excluding hydrogens is 168 g/mol. The van der Waals surface area contributed by atoms with Crippen LogP contribution in [-0.4, -0.2) is 0 Å². The third-order valence-corrected chi connectivity index (χ3v) is 2.49. The maximum atomic E-state index is 5.81. The van der Waals surface area contributed by atoms with Crippen LogP contribution >= 0.6 is 11.6 Å². The highest BCUT2D eigenvalue weighted by Crippen LogP contribution is 2.36. The third-order valence-electron chi connectivity index (χ3n) is 2.19. The molecule has 0 spiro atoms. The first kappa shape index (κ1) is 9.60. The second kappa shape index (κ2) is 3.95. The van der Waals surface area contributed by atoms with E-state index in [9.17, 15) is 0 Å². The molecule has 1 fully saturated rings. The second-order valence-electron chi connectivity index (χ2n) is 3.40. The minimum atomic E-state index is 0.754. The molecule has 66 valence electrons. The van der Waals surface area contributed by atoms with E-state index in [2.05, 4.69) is 12.7 Å². The van der Waals surface area contributed by atoms with Gasteiger partial charge in [0, 0.05) is 5.03 Å². The molecule has 0 saturated heterocycles. The third kappa shape index (κ3) is 2.86. The molecule has 1 aliphatic rings. The molecule has 0 aromatic heterocycles. The van der Waals surface area contributed by atoms with E-state index in [1.165, 1.54) is 18.4 Å². The van der Waals surface area contributed by atoms with E-state index in [0.29, 0.717) is 0 Å². The van der Waals surface area contributed by atoms with Gasteiger partial charge in [-0.25, -0.2) is 0 Å². The zero-order chi connectivity index (χ0) is 9.14. The van der Waals surface area contributed by atoms with Crippen LogP contribution in [0.4, 0.5) is 0 Å². The Bertz CT molecular complexity index is 238. The Labute approximate surface area is 79.6 Å². The molecule has 0 amide bonds. The minimum Gasteiger partial charge on any atom is -0.0955 e. The van der Waals surface area contributed by atoms with Crippen LogP contribution in [0.1, 0.15) is 26.7 Å². The van der Waals surface area contributed by atoms with E-state index in [1.54, 1.807) is 0 Å². The summed E-state index contributed by atoms with van der Waals surface area (Å²) in [6.45, 7) is 7.91. The molecule has 1 aliphatic carbocycles. The summed E-state index contributed by atoms with van der Waals surface area (Å²) in [7, 11) is 0. The van der Waals surface area contributed by atoms with Gasteiger partial charge in [0.1, 0.15) is 0 Å². The lowest BCUT2D eigenvalue weighted by Crippen LogP contribution is -1.77. The Balaban J connectivity index is 2.48. The zero-order valence-electron chi connectivity index (χ0n) is 7.73. The molecule has 0 aromatic rings. The molecule has 0 aliphatic heterocycles. The molecule has 1 saturated carbocycles. The van der Waals surface area contributed by atoms with Gasteiger partial charge >= 0.3 is 0 Å². The van der Waals surface area contributed by atoms with Crippen LogP contribution in [0, 0.1) is 5.92 Å². The predicted molar refractivity (Wildman–Crippen MR) is 55.2 cm³/mol.